The molecule has 134 valence electrons. The molecular formula is C21H27NO3. The topological polar surface area (TPSA) is 50.7 Å². The Morgan fingerprint density at radius 1 is 1.20 bits per heavy atom. The summed E-state index contributed by atoms with van der Waals surface area (Å²) < 4.78 is 11.3. The number of hydrogen-bond donors (Lipinski definition) is 2. The van der Waals surface area contributed by atoms with Gasteiger partial charge in [-0.3, -0.25) is 0 Å². The van der Waals surface area contributed by atoms with Crippen LogP contribution in [-0.2, 0) is 11.2 Å². The van der Waals surface area contributed by atoms with E-state index in [1.807, 2.05) is 24.3 Å². The van der Waals surface area contributed by atoms with E-state index in [2.05, 4.69) is 36.5 Å². The summed E-state index contributed by atoms with van der Waals surface area (Å²) in [4.78, 5) is 0. The summed E-state index contributed by atoms with van der Waals surface area (Å²) >= 11 is 0. The van der Waals surface area contributed by atoms with Crippen molar-refractivity contribution in [2.75, 3.05) is 20.3 Å². The van der Waals surface area contributed by atoms with E-state index < -0.39 is 6.10 Å². The van der Waals surface area contributed by atoms with Gasteiger partial charge in [-0.15, -0.1) is 0 Å². The zero-order valence-electron chi connectivity index (χ0n) is 14.9. The van der Waals surface area contributed by atoms with E-state index in [1.54, 1.807) is 7.11 Å². The van der Waals surface area contributed by atoms with E-state index in [0.717, 1.165) is 25.0 Å². The Morgan fingerprint density at radius 3 is 2.80 bits per heavy atom. The van der Waals surface area contributed by atoms with Crippen LogP contribution in [0.1, 0.15) is 42.2 Å². The number of nitrogens with one attached hydrogen (secondary N) is 1. The molecule has 1 aliphatic rings. The van der Waals surface area contributed by atoms with Crippen molar-refractivity contribution in [2.45, 2.75) is 38.0 Å². The minimum atomic E-state index is -0.599. The maximum atomic E-state index is 10.5. The Hall–Kier alpha value is -1.88. The van der Waals surface area contributed by atoms with Crippen molar-refractivity contribution in [3.05, 3.63) is 65.2 Å². The second-order valence-electron chi connectivity index (χ2n) is 6.61. The van der Waals surface area contributed by atoms with Gasteiger partial charge in [-0.05, 0) is 37.0 Å². The minimum Gasteiger partial charge on any atom is -0.496 e. The molecule has 0 aromatic heterocycles. The van der Waals surface area contributed by atoms with Crippen LogP contribution in [0.25, 0.3) is 0 Å². The van der Waals surface area contributed by atoms with Crippen molar-refractivity contribution in [3.8, 4) is 5.75 Å². The van der Waals surface area contributed by atoms with Crippen LogP contribution in [0.15, 0.2) is 48.5 Å². The molecule has 1 aliphatic heterocycles. The van der Waals surface area contributed by atoms with Crippen molar-refractivity contribution in [1.29, 1.82) is 0 Å². The Morgan fingerprint density at radius 2 is 1.96 bits per heavy atom. The van der Waals surface area contributed by atoms with E-state index in [0.29, 0.717) is 12.3 Å². The fourth-order valence-corrected chi connectivity index (χ4v) is 3.44. The molecule has 25 heavy (non-hydrogen) atoms. The van der Waals surface area contributed by atoms with Gasteiger partial charge in [-0.1, -0.05) is 42.5 Å². The summed E-state index contributed by atoms with van der Waals surface area (Å²) in [5, 5.41) is 13.9. The zero-order valence-corrected chi connectivity index (χ0v) is 14.9. The highest BCUT2D eigenvalue weighted by Gasteiger charge is 2.23. The van der Waals surface area contributed by atoms with Crippen LogP contribution in [-0.4, -0.2) is 31.4 Å². The quantitative estimate of drug-likeness (QED) is 0.810. The lowest BCUT2D eigenvalue weighted by Crippen LogP contribution is -2.33. The van der Waals surface area contributed by atoms with Gasteiger partial charge in [0.15, 0.2) is 0 Å². The number of fused-ring (bicyclic) bond motifs is 1. The third-order valence-electron chi connectivity index (χ3n) is 4.82. The average Bonchev–Trinajstić information content (AvgIpc) is 2.66. The molecule has 4 heteroatoms. The summed E-state index contributed by atoms with van der Waals surface area (Å²) in [6.07, 6.45) is 1.39. The van der Waals surface area contributed by atoms with Crippen LogP contribution in [0.2, 0.25) is 0 Å². The molecule has 3 unspecified atom stereocenters. The monoisotopic (exact) mass is 341 g/mol. The van der Waals surface area contributed by atoms with Crippen LogP contribution in [0, 0.1) is 0 Å². The molecular weight excluding hydrogens is 314 g/mol. The first kappa shape index (κ1) is 17.9. The third-order valence-corrected chi connectivity index (χ3v) is 4.82. The summed E-state index contributed by atoms with van der Waals surface area (Å²) in [5.74, 6) is 0.717. The number of benzene rings is 2. The van der Waals surface area contributed by atoms with Gasteiger partial charge in [0.1, 0.15) is 5.75 Å². The van der Waals surface area contributed by atoms with Gasteiger partial charge in [0.05, 0.1) is 25.9 Å². The molecule has 1 heterocycles. The fourth-order valence-electron chi connectivity index (χ4n) is 3.44. The number of para-hydroxylation sites is 1. The largest absolute Gasteiger partial charge is 0.496 e. The van der Waals surface area contributed by atoms with E-state index in [4.69, 9.17) is 9.47 Å². The number of rotatable bonds is 7. The molecule has 0 aliphatic carbocycles. The average molecular weight is 341 g/mol. The maximum Gasteiger partial charge on any atom is 0.124 e. The molecule has 3 atom stereocenters. The van der Waals surface area contributed by atoms with Crippen molar-refractivity contribution in [2.24, 2.45) is 0 Å². The predicted molar refractivity (Wildman–Crippen MR) is 98.9 cm³/mol. The highest BCUT2D eigenvalue weighted by molar-refractivity contribution is 5.35. The molecule has 0 spiro atoms. The van der Waals surface area contributed by atoms with E-state index in [-0.39, 0.29) is 12.1 Å². The third kappa shape index (κ3) is 4.40. The molecule has 0 radical (unpaired) electrons. The van der Waals surface area contributed by atoms with Crippen molar-refractivity contribution >= 4 is 0 Å². The molecule has 2 aromatic rings. The molecule has 0 bridgehead atoms. The number of aliphatic hydroxyl groups excluding tert-OH is 1. The minimum absolute atomic E-state index is 0.121. The molecule has 4 nitrogen and oxygen atoms in total. The fraction of sp³-hybridized carbons (Fsp3) is 0.429. The first-order valence-corrected chi connectivity index (χ1v) is 8.92. The Labute approximate surface area is 149 Å². The predicted octanol–water partition coefficient (Wildman–Crippen LogP) is 3.41. The highest BCUT2D eigenvalue weighted by atomic mass is 16.5. The number of methoxy groups -OCH3 is 1. The highest BCUT2D eigenvalue weighted by Crippen LogP contribution is 2.30. The summed E-state index contributed by atoms with van der Waals surface area (Å²) in [6, 6.07) is 16.3. The zero-order chi connectivity index (χ0) is 17.6. The van der Waals surface area contributed by atoms with Crippen LogP contribution in [0.3, 0.4) is 0 Å². The van der Waals surface area contributed by atoms with Gasteiger partial charge in [0.25, 0.3) is 0 Å². The van der Waals surface area contributed by atoms with E-state index >= 15 is 0 Å². The first-order valence-electron chi connectivity index (χ1n) is 8.92. The number of hydrogen-bond acceptors (Lipinski definition) is 4. The summed E-state index contributed by atoms with van der Waals surface area (Å²) in [6.45, 7) is 3.39. The second kappa shape index (κ2) is 8.48. The molecule has 2 N–H and O–H groups in total. The van der Waals surface area contributed by atoms with Gasteiger partial charge < -0.3 is 19.9 Å². The molecule has 3 rings (SSSR count). The SMILES string of the molecule is COc1ccccc1C(O)CNC(C)CC1OCCc2ccccc21. The molecule has 0 saturated heterocycles. The summed E-state index contributed by atoms with van der Waals surface area (Å²) in [7, 11) is 1.62. The normalized spacial score (nSPS) is 19.1. The maximum absolute atomic E-state index is 10.5. The smallest absolute Gasteiger partial charge is 0.124 e. The Bertz CT molecular complexity index is 688. The van der Waals surface area contributed by atoms with Crippen LogP contribution in [0.4, 0.5) is 0 Å². The standard InChI is InChI=1S/C21H27NO3/c1-15(13-21-17-8-4-3-7-16(17)11-12-25-21)22-14-19(23)18-9-5-6-10-20(18)24-2/h3-10,15,19,21-23H,11-14H2,1-2H3. The Kier molecular flexibility index (Phi) is 6.08. The van der Waals surface area contributed by atoms with Gasteiger partial charge >= 0.3 is 0 Å². The van der Waals surface area contributed by atoms with Gasteiger partial charge in [0.2, 0.25) is 0 Å². The number of ether oxygens (including phenoxy) is 2. The second-order valence-corrected chi connectivity index (χ2v) is 6.61. The van der Waals surface area contributed by atoms with Crippen molar-refractivity contribution < 1.29 is 14.6 Å². The van der Waals surface area contributed by atoms with Gasteiger partial charge in [-0.25, -0.2) is 0 Å². The first-order chi connectivity index (χ1) is 12.2. The lowest BCUT2D eigenvalue weighted by atomic mass is 9.94. The number of aliphatic hydroxyl groups is 1. The van der Waals surface area contributed by atoms with Gasteiger partial charge in [0, 0.05) is 18.2 Å². The summed E-state index contributed by atoms with van der Waals surface area (Å²) in [5.41, 5.74) is 3.50. The Balaban J connectivity index is 1.56. The van der Waals surface area contributed by atoms with Gasteiger partial charge in [-0.2, -0.15) is 0 Å². The molecule has 0 fully saturated rings. The molecule has 0 saturated carbocycles. The molecule has 2 aromatic carbocycles. The van der Waals surface area contributed by atoms with Crippen LogP contribution >= 0.6 is 0 Å². The van der Waals surface area contributed by atoms with Crippen LogP contribution < -0.4 is 10.1 Å². The molecule has 0 amide bonds. The van der Waals surface area contributed by atoms with Crippen LogP contribution in [0.5, 0.6) is 5.75 Å². The van der Waals surface area contributed by atoms with E-state index in [1.165, 1.54) is 11.1 Å². The van der Waals surface area contributed by atoms with Crippen molar-refractivity contribution in [3.63, 3.8) is 0 Å². The van der Waals surface area contributed by atoms with Crippen molar-refractivity contribution in [1.82, 2.24) is 5.32 Å². The van der Waals surface area contributed by atoms with E-state index in [9.17, 15) is 5.11 Å². The lowest BCUT2D eigenvalue weighted by Gasteiger charge is -2.29. The lowest BCUT2D eigenvalue weighted by molar-refractivity contribution is 0.0296.